The van der Waals surface area contributed by atoms with Crippen LogP contribution in [0, 0.1) is 0 Å². The van der Waals surface area contributed by atoms with Gasteiger partial charge in [-0.15, -0.1) is 0 Å². The standard InChI is InChI=1S/C16H20F3N3O2/c1-4-22-15(7-8-16(17,18)19)20-14(21-22)10-11-5-6-12(23-2)13(9-11)24-3/h5-6,9H,4,7-8,10H2,1-3H3. The third-order valence-electron chi connectivity index (χ3n) is 3.53. The summed E-state index contributed by atoms with van der Waals surface area (Å²) < 4.78 is 49.1. The van der Waals surface area contributed by atoms with E-state index in [1.165, 1.54) is 4.68 Å². The van der Waals surface area contributed by atoms with Crippen LogP contribution in [0.4, 0.5) is 13.2 Å². The molecule has 0 saturated heterocycles. The van der Waals surface area contributed by atoms with Crippen LogP contribution >= 0.6 is 0 Å². The van der Waals surface area contributed by atoms with Crippen LogP contribution in [0.2, 0.25) is 0 Å². The van der Waals surface area contributed by atoms with E-state index in [2.05, 4.69) is 10.1 Å². The number of alkyl halides is 3. The van der Waals surface area contributed by atoms with Gasteiger partial charge >= 0.3 is 6.18 Å². The van der Waals surface area contributed by atoms with Gasteiger partial charge in [-0.05, 0) is 24.6 Å². The smallest absolute Gasteiger partial charge is 0.389 e. The Bertz CT molecular complexity index is 684. The van der Waals surface area contributed by atoms with Crippen LogP contribution in [0.25, 0.3) is 0 Å². The van der Waals surface area contributed by atoms with Gasteiger partial charge in [0.05, 0.1) is 20.6 Å². The van der Waals surface area contributed by atoms with Crippen LogP contribution in [0.3, 0.4) is 0 Å². The first-order chi connectivity index (χ1) is 11.4. The summed E-state index contributed by atoms with van der Waals surface area (Å²) in [5, 5.41) is 4.29. The van der Waals surface area contributed by atoms with Gasteiger partial charge in [-0.1, -0.05) is 6.07 Å². The number of hydrogen-bond donors (Lipinski definition) is 0. The molecule has 0 spiro atoms. The monoisotopic (exact) mass is 343 g/mol. The molecule has 0 aliphatic heterocycles. The third kappa shape index (κ3) is 4.62. The topological polar surface area (TPSA) is 49.2 Å². The first-order valence-corrected chi connectivity index (χ1v) is 7.56. The summed E-state index contributed by atoms with van der Waals surface area (Å²) in [4.78, 5) is 4.26. The largest absolute Gasteiger partial charge is 0.493 e. The zero-order valence-electron chi connectivity index (χ0n) is 13.9. The first-order valence-electron chi connectivity index (χ1n) is 7.56. The van der Waals surface area contributed by atoms with Crippen LogP contribution in [0.15, 0.2) is 18.2 Å². The fourth-order valence-electron chi connectivity index (χ4n) is 2.37. The van der Waals surface area contributed by atoms with Crippen LogP contribution in [-0.2, 0) is 19.4 Å². The molecule has 1 heterocycles. The summed E-state index contributed by atoms with van der Waals surface area (Å²) in [5.41, 5.74) is 0.892. The first kappa shape index (κ1) is 18.1. The van der Waals surface area contributed by atoms with E-state index < -0.39 is 12.6 Å². The van der Waals surface area contributed by atoms with Crippen LogP contribution < -0.4 is 9.47 Å². The lowest BCUT2D eigenvalue weighted by Crippen LogP contribution is -2.12. The fourth-order valence-corrected chi connectivity index (χ4v) is 2.37. The Labute approximate surface area is 138 Å². The number of ether oxygens (including phenoxy) is 2. The number of hydrogen-bond acceptors (Lipinski definition) is 4. The Hall–Kier alpha value is -2.25. The van der Waals surface area contributed by atoms with Gasteiger partial charge in [-0.3, -0.25) is 4.68 Å². The number of nitrogens with zero attached hydrogens (tertiary/aromatic N) is 3. The zero-order chi connectivity index (χ0) is 17.7. The maximum atomic E-state index is 12.4. The van der Waals surface area contributed by atoms with Crippen molar-refractivity contribution in [2.45, 2.75) is 38.9 Å². The van der Waals surface area contributed by atoms with Crippen molar-refractivity contribution in [1.82, 2.24) is 14.8 Å². The molecule has 2 rings (SSSR count). The highest BCUT2D eigenvalue weighted by molar-refractivity contribution is 5.43. The Morgan fingerprint density at radius 1 is 1.12 bits per heavy atom. The molecule has 0 aliphatic rings. The second-order valence-corrected chi connectivity index (χ2v) is 5.24. The lowest BCUT2D eigenvalue weighted by Gasteiger charge is -2.08. The molecule has 0 fully saturated rings. The van der Waals surface area contributed by atoms with E-state index in [0.717, 1.165) is 5.56 Å². The van der Waals surface area contributed by atoms with Gasteiger partial charge in [0.2, 0.25) is 0 Å². The Morgan fingerprint density at radius 2 is 1.83 bits per heavy atom. The van der Waals surface area contributed by atoms with Crippen molar-refractivity contribution in [2.75, 3.05) is 14.2 Å². The molecule has 8 heteroatoms. The van der Waals surface area contributed by atoms with E-state index in [-0.39, 0.29) is 6.42 Å². The molecule has 0 saturated carbocycles. The molecule has 132 valence electrons. The summed E-state index contributed by atoms with van der Waals surface area (Å²) in [6.07, 6.45) is -4.86. The van der Waals surface area contributed by atoms with Gasteiger partial charge in [0, 0.05) is 19.4 Å². The van der Waals surface area contributed by atoms with Gasteiger partial charge in [0.1, 0.15) is 5.82 Å². The summed E-state index contributed by atoms with van der Waals surface area (Å²) in [7, 11) is 3.09. The molecule has 1 aromatic carbocycles. The van der Waals surface area contributed by atoms with E-state index in [9.17, 15) is 13.2 Å². The molecule has 0 atom stereocenters. The Morgan fingerprint density at radius 3 is 2.42 bits per heavy atom. The summed E-state index contributed by atoms with van der Waals surface area (Å²) in [5.74, 6) is 2.04. The zero-order valence-corrected chi connectivity index (χ0v) is 13.9. The molecule has 2 aromatic rings. The van der Waals surface area contributed by atoms with Crippen molar-refractivity contribution < 1.29 is 22.6 Å². The average Bonchev–Trinajstić information content (AvgIpc) is 2.94. The predicted octanol–water partition coefficient (Wildman–Crippen LogP) is 3.40. The van der Waals surface area contributed by atoms with Gasteiger partial charge in [-0.25, -0.2) is 4.98 Å². The second-order valence-electron chi connectivity index (χ2n) is 5.24. The minimum absolute atomic E-state index is 0.170. The van der Waals surface area contributed by atoms with E-state index in [4.69, 9.17) is 9.47 Å². The molecule has 0 amide bonds. The lowest BCUT2D eigenvalue weighted by molar-refractivity contribution is -0.134. The molecule has 1 aromatic heterocycles. The maximum Gasteiger partial charge on any atom is 0.389 e. The molecular formula is C16H20F3N3O2. The van der Waals surface area contributed by atoms with Gasteiger partial charge in [-0.2, -0.15) is 18.3 Å². The van der Waals surface area contributed by atoms with Crippen LogP contribution in [-0.4, -0.2) is 35.2 Å². The highest BCUT2D eigenvalue weighted by Gasteiger charge is 2.27. The summed E-state index contributed by atoms with van der Waals surface area (Å²) in [6, 6.07) is 5.43. The minimum atomic E-state index is -4.20. The molecule has 0 bridgehead atoms. The highest BCUT2D eigenvalue weighted by Crippen LogP contribution is 2.28. The molecule has 24 heavy (non-hydrogen) atoms. The molecule has 5 nitrogen and oxygen atoms in total. The summed E-state index contributed by atoms with van der Waals surface area (Å²) in [6.45, 7) is 2.30. The average molecular weight is 343 g/mol. The van der Waals surface area contributed by atoms with Crippen LogP contribution in [0.1, 0.15) is 30.6 Å². The van der Waals surface area contributed by atoms with Crippen molar-refractivity contribution in [3.63, 3.8) is 0 Å². The molecule has 0 radical (unpaired) electrons. The number of aryl methyl sites for hydroxylation is 2. The predicted molar refractivity (Wildman–Crippen MR) is 82.4 cm³/mol. The number of benzene rings is 1. The number of methoxy groups -OCH3 is 2. The third-order valence-corrected chi connectivity index (χ3v) is 3.53. The Balaban J connectivity index is 2.16. The summed E-state index contributed by atoms with van der Waals surface area (Å²) >= 11 is 0. The highest BCUT2D eigenvalue weighted by atomic mass is 19.4. The van der Waals surface area contributed by atoms with Gasteiger partial charge in [0.25, 0.3) is 0 Å². The van der Waals surface area contributed by atoms with E-state index in [1.54, 1.807) is 26.4 Å². The number of aromatic nitrogens is 3. The van der Waals surface area contributed by atoms with Crippen molar-refractivity contribution in [1.29, 1.82) is 0 Å². The number of rotatable bonds is 7. The molecule has 0 unspecified atom stereocenters. The second kappa shape index (κ2) is 7.55. The SMILES string of the molecule is CCn1nc(Cc2ccc(OC)c(OC)c2)nc1CCC(F)(F)F. The number of halogens is 3. The van der Waals surface area contributed by atoms with Crippen molar-refractivity contribution in [3.05, 3.63) is 35.4 Å². The molecule has 0 N–H and O–H groups in total. The maximum absolute atomic E-state index is 12.4. The van der Waals surface area contributed by atoms with Gasteiger partial charge < -0.3 is 9.47 Å². The Kier molecular flexibility index (Phi) is 5.69. The van der Waals surface area contributed by atoms with E-state index in [1.807, 2.05) is 13.0 Å². The lowest BCUT2D eigenvalue weighted by atomic mass is 10.1. The van der Waals surface area contributed by atoms with E-state index in [0.29, 0.717) is 36.1 Å². The minimum Gasteiger partial charge on any atom is -0.493 e. The van der Waals surface area contributed by atoms with Crippen molar-refractivity contribution >= 4 is 0 Å². The van der Waals surface area contributed by atoms with Gasteiger partial charge in [0.15, 0.2) is 17.3 Å². The molecular weight excluding hydrogens is 323 g/mol. The van der Waals surface area contributed by atoms with Crippen molar-refractivity contribution in [3.8, 4) is 11.5 Å². The normalized spacial score (nSPS) is 11.6. The van der Waals surface area contributed by atoms with E-state index >= 15 is 0 Å². The quantitative estimate of drug-likeness (QED) is 0.773. The molecule has 0 aliphatic carbocycles. The van der Waals surface area contributed by atoms with Crippen LogP contribution in [0.5, 0.6) is 11.5 Å². The fraction of sp³-hybridized carbons (Fsp3) is 0.500. The van der Waals surface area contributed by atoms with Crippen molar-refractivity contribution in [2.24, 2.45) is 0 Å².